The van der Waals surface area contributed by atoms with Crippen LogP contribution >= 0.6 is 0 Å². The largest absolute Gasteiger partial charge is 0.278 e. The normalized spacial score (nSPS) is 11.5. The van der Waals surface area contributed by atoms with Crippen LogP contribution in [0.1, 0.15) is 0 Å². The summed E-state index contributed by atoms with van der Waals surface area (Å²) in [6.45, 7) is 0. The van der Waals surface area contributed by atoms with Crippen LogP contribution in [0.5, 0.6) is 0 Å². The lowest BCUT2D eigenvalue weighted by Crippen LogP contribution is -1.99. The molecular formula is C20H13N3. The van der Waals surface area contributed by atoms with E-state index in [0.717, 1.165) is 11.0 Å². The lowest BCUT2D eigenvalue weighted by molar-refractivity contribution is 0.989. The Labute approximate surface area is 132 Å². The van der Waals surface area contributed by atoms with E-state index in [9.17, 15) is 0 Å². The molecule has 5 aromatic rings. The molecule has 0 bridgehead atoms. The second-order valence-corrected chi connectivity index (χ2v) is 5.58. The van der Waals surface area contributed by atoms with Crippen molar-refractivity contribution >= 4 is 32.6 Å². The van der Waals surface area contributed by atoms with Gasteiger partial charge in [0, 0.05) is 23.2 Å². The molecule has 0 amide bonds. The molecular weight excluding hydrogens is 282 g/mol. The number of para-hydroxylation sites is 1. The number of benzene rings is 3. The fourth-order valence-electron chi connectivity index (χ4n) is 3.36. The number of rotatable bonds is 1. The van der Waals surface area contributed by atoms with Gasteiger partial charge in [0.05, 0.1) is 11.0 Å². The van der Waals surface area contributed by atoms with E-state index in [2.05, 4.69) is 75.2 Å². The minimum absolute atomic E-state index is 0.703. The molecule has 0 radical (unpaired) electrons. The van der Waals surface area contributed by atoms with E-state index in [0.29, 0.717) is 5.95 Å². The quantitative estimate of drug-likeness (QED) is 0.448. The summed E-state index contributed by atoms with van der Waals surface area (Å²) < 4.78 is 2.14. The van der Waals surface area contributed by atoms with Crippen LogP contribution in [0.4, 0.5) is 0 Å². The molecule has 0 saturated heterocycles. The Balaban J connectivity index is 2.07. The van der Waals surface area contributed by atoms with Crippen LogP contribution in [0.25, 0.3) is 38.5 Å². The minimum atomic E-state index is 0.703. The van der Waals surface area contributed by atoms with Crippen LogP contribution in [0.2, 0.25) is 0 Å². The van der Waals surface area contributed by atoms with E-state index < -0.39 is 0 Å². The van der Waals surface area contributed by atoms with Crippen molar-refractivity contribution in [3.05, 3.63) is 79.1 Å². The van der Waals surface area contributed by atoms with Crippen LogP contribution in [0, 0.1) is 0 Å². The molecule has 3 heteroatoms. The molecule has 5 rings (SSSR count). The Bertz CT molecular complexity index is 1160. The zero-order valence-electron chi connectivity index (χ0n) is 12.3. The molecule has 0 saturated carbocycles. The van der Waals surface area contributed by atoms with Crippen molar-refractivity contribution in [1.29, 1.82) is 0 Å². The zero-order valence-corrected chi connectivity index (χ0v) is 12.3. The molecule has 0 fully saturated rings. The summed E-state index contributed by atoms with van der Waals surface area (Å²) in [5.41, 5.74) is 2.26. The first-order valence-electron chi connectivity index (χ1n) is 7.62. The molecule has 23 heavy (non-hydrogen) atoms. The summed E-state index contributed by atoms with van der Waals surface area (Å²) >= 11 is 0. The molecule has 108 valence electrons. The number of hydrogen-bond donors (Lipinski definition) is 0. The monoisotopic (exact) mass is 295 g/mol. The second-order valence-electron chi connectivity index (χ2n) is 5.58. The molecule has 0 aliphatic heterocycles. The Kier molecular flexibility index (Phi) is 2.50. The zero-order chi connectivity index (χ0) is 15.2. The molecule has 2 aromatic heterocycles. The fraction of sp³-hybridized carbons (Fsp3) is 0. The van der Waals surface area contributed by atoms with Gasteiger partial charge in [0.25, 0.3) is 0 Å². The van der Waals surface area contributed by atoms with Crippen molar-refractivity contribution in [3.8, 4) is 5.95 Å². The van der Waals surface area contributed by atoms with Gasteiger partial charge >= 0.3 is 0 Å². The van der Waals surface area contributed by atoms with Crippen LogP contribution < -0.4 is 0 Å². The number of nitrogens with zero attached hydrogens (tertiary/aromatic N) is 3. The molecule has 0 N–H and O–H groups in total. The van der Waals surface area contributed by atoms with Crippen LogP contribution in [0.15, 0.2) is 79.1 Å². The third-order valence-corrected chi connectivity index (χ3v) is 4.31. The number of fused-ring (bicyclic) bond motifs is 5. The highest BCUT2D eigenvalue weighted by molar-refractivity contribution is 6.21. The lowest BCUT2D eigenvalue weighted by Gasteiger charge is -2.05. The van der Waals surface area contributed by atoms with Gasteiger partial charge in [-0.25, -0.2) is 9.97 Å². The van der Waals surface area contributed by atoms with E-state index in [1.165, 1.54) is 21.5 Å². The molecule has 0 aliphatic rings. The Morgan fingerprint density at radius 2 is 1.35 bits per heavy atom. The Morgan fingerprint density at radius 1 is 0.609 bits per heavy atom. The van der Waals surface area contributed by atoms with Crippen molar-refractivity contribution in [2.24, 2.45) is 0 Å². The average molecular weight is 295 g/mol. The molecule has 0 atom stereocenters. The van der Waals surface area contributed by atoms with Crippen molar-refractivity contribution in [2.75, 3.05) is 0 Å². The number of aromatic nitrogens is 3. The van der Waals surface area contributed by atoms with Crippen molar-refractivity contribution in [3.63, 3.8) is 0 Å². The van der Waals surface area contributed by atoms with Crippen LogP contribution in [0.3, 0.4) is 0 Å². The predicted octanol–water partition coefficient (Wildman–Crippen LogP) is 4.73. The summed E-state index contributed by atoms with van der Waals surface area (Å²) in [7, 11) is 0. The Hall–Kier alpha value is -3.20. The summed E-state index contributed by atoms with van der Waals surface area (Å²) in [6, 6.07) is 23.1. The maximum Gasteiger partial charge on any atom is 0.234 e. The highest BCUT2D eigenvalue weighted by atomic mass is 15.1. The van der Waals surface area contributed by atoms with E-state index in [1.54, 1.807) is 12.4 Å². The van der Waals surface area contributed by atoms with Gasteiger partial charge in [0.2, 0.25) is 5.95 Å². The minimum Gasteiger partial charge on any atom is -0.278 e. The van der Waals surface area contributed by atoms with E-state index in [4.69, 9.17) is 0 Å². The topological polar surface area (TPSA) is 30.7 Å². The average Bonchev–Trinajstić information content (AvgIpc) is 2.97. The van der Waals surface area contributed by atoms with Gasteiger partial charge in [-0.1, -0.05) is 48.5 Å². The highest BCUT2D eigenvalue weighted by Gasteiger charge is 2.15. The molecule has 3 nitrogen and oxygen atoms in total. The lowest BCUT2D eigenvalue weighted by atomic mass is 10.0. The first kappa shape index (κ1) is 12.4. The highest BCUT2D eigenvalue weighted by Crippen LogP contribution is 2.35. The molecule has 0 unspecified atom stereocenters. The third-order valence-electron chi connectivity index (χ3n) is 4.31. The molecule has 0 aliphatic carbocycles. The summed E-state index contributed by atoms with van der Waals surface area (Å²) in [5, 5.41) is 4.99. The van der Waals surface area contributed by atoms with Gasteiger partial charge in [0.15, 0.2) is 0 Å². The second kappa shape index (κ2) is 4.65. The van der Waals surface area contributed by atoms with Crippen LogP contribution in [-0.2, 0) is 0 Å². The van der Waals surface area contributed by atoms with Crippen molar-refractivity contribution in [2.45, 2.75) is 0 Å². The SMILES string of the molecule is c1cnc(-n2c3ccccc3c3c4ccccc4ccc32)nc1. The summed E-state index contributed by atoms with van der Waals surface area (Å²) in [4.78, 5) is 8.91. The third kappa shape index (κ3) is 1.70. The first-order valence-corrected chi connectivity index (χ1v) is 7.62. The van der Waals surface area contributed by atoms with Crippen LogP contribution in [-0.4, -0.2) is 14.5 Å². The maximum absolute atomic E-state index is 4.45. The van der Waals surface area contributed by atoms with Gasteiger partial charge in [-0.15, -0.1) is 0 Å². The van der Waals surface area contributed by atoms with Gasteiger partial charge < -0.3 is 0 Å². The van der Waals surface area contributed by atoms with E-state index in [1.807, 2.05) is 6.07 Å². The van der Waals surface area contributed by atoms with Gasteiger partial charge in [-0.2, -0.15) is 0 Å². The van der Waals surface area contributed by atoms with E-state index in [-0.39, 0.29) is 0 Å². The van der Waals surface area contributed by atoms with Gasteiger partial charge in [0.1, 0.15) is 0 Å². The molecule has 2 heterocycles. The number of hydrogen-bond acceptors (Lipinski definition) is 2. The Morgan fingerprint density at radius 3 is 2.22 bits per heavy atom. The molecule has 0 spiro atoms. The standard InChI is InChI=1S/C20H13N3/c1-2-7-15-14(6-1)10-11-18-19(15)16-8-3-4-9-17(16)23(18)20-21-12-5-13-22-20/h1-13H. The maximum atomic E-state index is 4.45. The van der Waals surface area contributed by atoms with Crippen molar-refractivity contribution in [1.82, 2.24) is 14.5 Å². The summed E-state index contributed by atoms with van der Waals surface area (Å²) in [6.07, 6.45) is 3.56. The van der Waals surface area contributed by atoms with Gasteiger partial charge in [-0.05, 0) is 29.0 Å². The van der Waals surface area contributed by atoms with Crippen molar-refractivity contribution < 1.29 is 0 Å². The first-order chi connectivity index (χ1) is 11.4. The summed E-state index contributed by atoms with van der Waals surface area (Å²) in [5.74, 6) is 0.703. The molecule has 3 aromatic carbocycles. The van der Waals surface area contributed by atoms with Gasteiger partial charge in [-0.3, -0.25) is 4.57 Å². The predicted molar refractivity (Wildman–Crippen MR) is 93.9 cm³/mol. The van der Waals surface area contributed by atoms with E-state index >= 15 is 0 Å². The fourth-order valence-corrected chi connectivity index (χ4v) is 3.36. The smallest absolute Gasteiger partial charge is 0.234 e.